The predicted octanol–water partition coefficient (Wildman–Crippen LogP) is 0.800. The van der Waals surface area contributed by atoms with Crippen molar-refractivity contribution in [3.05, 3.63) is 24.0 Å². The molecular formula is C15H19N5O2. The number of pyridine rings is 1. The molecule has 2 amide bonds. The standard InChI is InChI=1S/C15H19N5O2/c1-10(21)16-8-14(22)20-6-2-3-12(9-20)13-5-4-11-7-17-19-15(11)18-13/h4-5,7,12H,2-3,6,8-9H2,1H3,(H,16,21)(H,17,18,19)/t12-/m1/s1. The molecule has 0 unspecified atom stereocenters. The lowest BCUT2D eigenvalue weighted by Gasteiger charge is -2.32. The van der Waals surface area contributed by atoms with E-state index in [0.29, 0.717) is 6.54 Å². The Morgan fingerprint density at radius 1 is 1.45 bits per heavy atom. The third kappa shape index (κ3) is 3.08. The van der Waals surface area contributed by atoms with E-state index >= 15 is 0 Å². The van der Waals surface area contributed by atoms with Crippen LogP contribution in [0.4, 0.5) is 0 Å². The number of likely N-dealkylation sites (tertiary alicyclic amines) is 1. The summed E-state index contributed by atoms with van der Waals surface area (Å²) in [5, 5.41) is 10.4. The normalized spacial score (nSPS) is 18.4. The molecule has 0 spiro atoms. The molecule has 1 saturated heterocycles. The van der Waals surface area contributed by atoms with E-state index in [0.717, 1.165) is 36.1 Å². The second kappa shape index (κ2) is 6.13. The minimum atomic E-state index is -0.187. The van der Waals surface area contributed by atoms with Crippen LogP contribution in [0.5, 0.6) is 0 Å². The van der Waals surface area contributed by atoms with Crippen LogP contribution in [0.2, 0.25) is 0 Å². The molecule has 2 aromatic heterocycles. The minimum Gasteiger partial charge on any atom is -0.347 e. The van der Waals surface area contributed by atoms with Gasteiger partial charge < -0.3 is 10.2 Å². The van der Waals surface area contributed by atoms with Crippen LogP contribution in [0, 0.1) is 0 Å². The van der Waals surface area contributed by atoms with Crippen LogP contribution in [0.3, 0.4) is 0 Å². The number of aromatic amines is 1. The summed E-state index contributed by atoms with van der Waals surface area (Å²) in [7, 11) is 0. The molecule has 0 radical (unpaired) electrons. The van der Waals surface area contributed by atoms with Gasteiger partial charge in [-0.15, -0.1) is 0 Å². The first-order valence-corrected chi connectivity index (χ1v) is 7.45. The fourth-order valence-electron chi connectivity index (χ4n) is 2.83. The highest BCUT2D eigenvalue weighted by molar-refractivity contribution is 5.83. The van der Waals surface area contributed by atoms with Gasteiger partial charge in [-0.3, -0.25) is 14.7 Å². The SMILES string of the molecule is CC(=O)NCC(=O)N1CCC[C@@H](c2ccc3cn[nH]c3n2)C1. The number of nitrogens with one attached hydrogen (secondary N) is 2. The van der Waals surface area contributed by atoms with Crippen molar-refractivity contribution in [2.24, 2.45) is 0 Å². The van der Waals surface area contributed by atoms with Crippen LogP contribution >= 0.6 is 0 Å². The number of hydrogen-bond acceptors (Lipinski definition) is 4. The average molecular weight is 301 g/mol. The lowest BCUT2D eigenvalue weighted by Crippen LogP contribution is -2.44. The maximum atomic E-state index is 12.1. The Kier molecular flexibility index (Phi) is 4.04. The number of amides is 2. The molecule has 7 nitrogen and oxygen atoms in total. The van der Waals surface area contributed by atoms with E-state index in [9.17, 15) is 9.59 Å². The third-order valence-electron chi connectivity index (χ3n) is 4.00. The number of H-pyrrole nitrogens is 1. The highest BCUT2D eigenvalue weighted by Crippen LogP contribution is 2.26. The van der Waals surface area contributed by atoms with Gasteiger partial charge in [-0.05, 0) is 25.0 Å². The molecule has 1 aliphatic heterocycles. The summed E-state index contributed by atoms with van der Waals surface area (Å²) in [5.41, 5.74) is 1.76. The van der Waals surface area contributed by atoms with Crippen molar-refractivity contribution < 1.29 is 9.59 Å². The van der Waals surface area contributed by atoms with Crippen molar-refractivity contribution in [3.8, 4) is 0 Å². The highest BCUT2D eigenvalue weighted by atomic mass is 16.2. The van der Waals surface area contributed by atoms with E-state index in [-0.39, 0.29) is 24.3 Å². The molecule has 116 valence electrons. The van der Waals surface area contributed by atoms with E-state index < -0.39 is 0 Å². The molecule has 1 atom stereocenters. The van der Waals surface area contributed by atoms with Crippen LogP contribution in [-0.2, 0) is 9.59 Å². The molecular weight excluding hydrogens is 282 g/mol. The number of aromatic nitrogens is 3. The Morgan fingerprint density at radius 2 is 2.32 bits per heavy atom. The van der Waals surface area contributed by atoms with Crippen molar-refractivity contribution in [1.82, 2.24) is 25.4 Å². The smallest absolute Gasteiger partial charge is 0.241 e. The third-order valence-corrected chi connectivity index (χ3v) is 4.00. The number of fused-ring (bicyclic) bond motifs is 1. The molecule has 0 aromatic carbocycles. The lowest BCUT2D eigenvalue weighted by molar-refractivity contribution is -0.133. The molecule has 22 heavy (non-hydrogen) atoms. The summed E-state index contributed by atoms with van der Waals surface area (Å²) < 4.78 is 0. The lowest BCUT2D eigenvalue weighted by atomic mass is 9.94. The Bertz CT molecular complexity index is 696. The molecule has 1 aliphatic rings. The molecule has 2 N–H and O–H groups in total. The van der Waals surface area contributed by atoms with Crippen LogP contribution in [-0.4, -0.2) is 51.5 Å². The van der Waals surface area contributed by atoms with Gasteiger partial charge in [0.25, 0.3) is 0 Å². The Morgan fingerprint density at radius 3 is 3.14 bits per heavy atom. The zero-order valence-corrected chi connectivity index (χ0v) is 12.5. The molecule has 3 heterocycles. The largest absolute Gasteiger partial charge is 0.347 e. The average Bonchev–Trinajstić information content (AvgIpc) is 3.00. The van der Waals surface area contributed by atoms with Crippen LogP contribution in [0.25, 0.3) is 11.0 Å². The summed E-state index contributed by atoms with van der Waals surface area (Å²) >= 11 is 0. The monoisotopic (exact) mass is 301 g/mol. The van der Waals surface area contributed by atoms with Crippen molar-refractivity contribution in [3.63, 3.8) is 0 Å². The van der Waals surface area contributed by atoms with Crippen molar-refractivity contribution in [2.45, 2.75) is 25.7 Å². The Balaban J connectivity index is 1.69. The number of carbonyl (C=O) groups is 2. The number of carbonyl (C=O) groups excluding carboxylic acids is 2. The van der Waals surface area contributed by atoms with Gasteiger partial charge in [-0.25, -0.2) is 4.98 Å². The zero-order chi connectivity index (χ0) is 15.5. The molecule has 2 aromatic rings. The molecule has 0 aliphatic carbocycles. The second-order valence-electron chi connectivity index (χ2n) is 5.63. The van der Waals surface area contributed by atoms with E-state index in [1.165, 1.54) is 6.92 Å². The topological polar surface area (TPSA) is 91.0 Å². The summed E-state index contributed by atoms with van der Waals surface area (Å²) in [6.07, 6.45) is 3.70. The summed E-state index contributed by atoms with van der Waals surface area (Å²) in [6.45, 7) is 2.86. The van der Waals surface area contributed by atoms with E-state index in [1.54, 1.807) is 6.20 Å². The molecule has 1 fully saturated rings. The number of piperidine rings is 1. The molecule has 3 rings (SSSR count). The fourth-order valence-corrected chi connectivity index (χ4v) is 2.83. The van der Waals surface area contributed by atoms with Gasteiger partial charge in [-0.2, -0.15) is 5.10 Å². The van der Waals surface area contributed by atoms with E-state index in [2.05, 4.69) is 20.5 Å². The van der Waals surface area contributed by atoms with E-state index in [1.807, 2.05) is 17.0 Å². The van der Waals surface area contributed by atoms with Crippen molar-refractivity contribution >= 4 is 22.8 Å². The predicted molar refractivity (Wildman–Crippen MR) is 81.1 cm³/mol. The maximum absolute atomic E-state index is 12.1. The Hall–Kier alpha value is -2.44. The van der Waals surface area contributed by atoms with Gasteiger partial charge in [-0.1, -0.05) is 0 Å². The minimum absolute atomic E-state index is 0.0393. The van der Waals surface area contributed by atoms with Crippen LogP contribution in [0.1, 0.15) is 31.4 Å². The molecule has 0 bridgehead atoms. The first-order valence-electron chi connectivity index (χ1n) is 7.45. The van der Waals surface area contributed by atoms with Gasteiger partial charge in [0, 0.05) is 37.0 Å². The molecule has 7 heteroatoms. The highest BCUT2D eigenvalue weighted by Gasteiger charge is 2.25. The van der Waals surface area contributed by atoms with Gasteiger partial charge in [0.1, 0.15) is 0 Å². The maximum Gasteiger partial charge on any atom is 0.241 e. The second-order valence-corrected chi connectivity index (χ2v) is 5.63. The summed E-state index contributed by atoms with van der Waals surface area (Å²) in [6, 6.07) is 4.00. The van der Waals surface area contributed by atoms with Crippen LogP contribution < -0.4 is 5.32 Å². The van der Waals surface area contributed by atoms with E-state index in [4.69, 9.17) is 0 Å². The first kappa shape index (κ1) is 14.5. The van der Waals surface area contributed by atoms with Crippen molar-refractivity contribution in [2.75, 3.05) is 19.6 Å². The number of hydrogen-bond donors (Lipinski definition) is 2. The number of nitrogens with zero attached hydrogens (tertiary/aromatic N) is 3. The number of rotatable bonds is 3. The van der Waals surface area contributed by atoms with Gasteiger partial charge in [0.2, 0.25) is 11.8 Å². The quantitative estimate of drug-likeness (QED) is 0.877. The zero-order valence-electron chi connectivity index (χ0n) is 12.5. The van der Waals surface area contributed by atoms with Gasteiger partial charge in [0.15, 0.2) is 5.65 Å². The van der Waals surface area contributed by atoms with Crippen molar-refractivity contribution in [1.29, 1.82) is 0 Å². The van der Waals surface area contributed by atoms with Gasteiger partial charge in [0.05, 0.1) is 12.7 Å². The summed E-state index contributed by atoms with van der Waals surface area (Å²) in [5.74, 6) is -0.00137. The fraction of sp³-hybridized carbons (Fsp3) is 0.467. The molecule has 0 saturated carbocycles. The first-order chi connectivity index (χ1) is 10.6. The Labute approximate surface area is 128 Å². The van der Waals surface area contributed by atoms with Gasteiger partial charge >= 0.3 is 0 Å². The van der Waals surface area contributed by atoms with Crippen LogP contribution in [0.15, 0.2) is 18.3 Å². The summed E-state index contributed by atoms with van der Waals surface area (Å²) in [4.78, 5) is 29.4.